The minimum atomic E-state index is -0.195. The Balaban J connectivity index is 0.00000169. The molecule has 0 spiro atoms. The monoisotopic (exact) mass is 196 g/mol. The van der Waals surface area contributed by atoms with E-state index >= 15 is 0 Å². The van der Waals surface area contributed by atoms with Crippen LogP contribution in [0.1, 0.15) is 23.6 Å². The number of benzene rings is 1. The van der Waals surface area contributed by atoms with E-state index in [1.165, 1.54) is 6.07 Å². The van der Waals surface area contributed by atoms with Crippen LogP contribution in [0.3, 0.4) is 0 Å². The van der Waals surface area contributed by atoms with E-state index in [-0.39, 0.29) is 12.0 Å². The van der Waals surface area contributed by atoms with Crippen molar-refractivity contribution in [3.8, 4) is 0 Å². The van der Waals surface area contributed by atoms with Crippen molar-refractivity contribution in [3.63, 3.8) is 0 Å². The molecule has 0 aromatic heterocycles. The van der Waals surface area contributed by atoms with Crippen molar-refractivity contribution < 1.29 is 4.39 Å². The molecule has 1 rings (SSSR count). The van der Waals surface area contributed by atoms with Crippen molar-refractivity contribution >= 4 is 5.70 Å². The van der Waals surface area contributed by atoms with Crippen molar-refractivity contribution in [1.29, 1.82) is 0 Å². The molecule has 0 amide bonds. The van der Waals surface area contributed by atoms with Crippen LogP contribution in [0, 0.1) is 19.7 Å². The standard InChI is InChI=1S/C11H14FN.H3N/c1-4-11(13)9-5-7(2)8(3)10(12)6-9;/h4-6H,13H2,1-3H3;1H3/b11-4-;. The lowest BCUT2D eigenvalue weighted by Crippen LogP contribution is -1.98. The number of halogens is 1. The predicted octanol–water partition coefficient (Wildman–Crippen LogP) is 2.92. The first-order chi connectivity index (χ1) is 6.06. The SMILES string of the molecule is C/C=C(\N)c1cc(C)c(C)c(F)c1.N. The van der Waals surface area contributed by atoms with E-state index in [2.05, 4.69) is 0 Å². The van der Waals surface area contributed by atoms with Crippen molar-refractivity contribution in [2.24, 2.45) is 5.73 Å². The van der Waals surface area contributed by atoms with Gasteiger partial charge in [0.2, 0.25) is 0 Å². The lowest BCUT2D eigenvalue weighted by molar-refractivity contribution is 0.616. The number of hydrogen-bond acceptors (Lipinski definition) is 2. The van der Waals surface area contributed by atoms with Gasteiger partial charge >= 0.3 is 0 Å². The van der Waals surface area contributed by atoms with Crippen LogP contribution in [-0.4, -0.2) is 0 Å². The van der Waals surface area contributed by atoms with E-state index in [0.717, 1.165) is 11.1 Å². The molecule has 0 saturated heterocycles. The fraction of sp³-hybridized carbons (Fsp3) is 0.273. The van der Waals surface area contributed by atoms with E-state index in [1.54, 1.807) is 13.0 Å². The molecule has 0 aliphatic rings. The van der Waals surface area contributed by atoms with Crippen LogP contribution in [0.2, 0.25) is 0 Å². The van der Waals surface area contributed by atoms with Crippen LogP contribution < -0.4 is 11.9 Å². The first kappa shape index (κ1) is 12.7. The highest BCUT2D eigenvalue weighted by Crippen LogP contribution is 2.18. The summed E-state index contributed by atoms with van der Waals surface area (Å²) >= 11 is 0. The molecular weight excluding hydrogens is 179 g/mol. The molecule has 3 heteroatoms. The molecule has 78 valence electrons. The fourth-order valence-corrected chi connectivity index (χ4v) is 1.15. The maximum atomic E-state index is 13.3. The number of aryl methyl sites for hydroxylation is 1. The molecule has 0 atom stereocenters. The van der Waals surface area contributed by atoms with E-state index < -0.39 is 0 Å². The third-order valence-corrected chi connectivity index (χ3v) is 2.25. The normalized spacial score (nSPS) is 11.0. The second-order valence-corrected chi connectivity index (χ2v) is 3.14. The Hall–Kier alpha value is -1.35. The minimum absolute atomic E-state index is 0. The summed E-state index contributed by atoms with van der Waals surface area (Å²) in [5, 5.41) is 0. The van der Waals surface area contributed by atoms with Gasteiger partial charge in [0.25, 0.3) is 0 Å². The zero-order valence-corrected chi connectivity index (χ0v) is 8.89. The number of rotatable bonds is 1. The highest BCUT2D eigenvalue weighted by atomic mass is 19.1. The van der Waals surface area contributed by atoms with E-state index in [0.29, 0.717) is 11.3 Å². The van der Waals surface area contributed by atoms with Gasteiger partial charge < -0.3 is 11.9 Å². The summed E-state index contributed by atoms with van der Waals surface area (Å²) < 4.78 is 13.3. The summed E-state index contributed by atoms with van der Waals surface area (Å²) in [6, 6.07) is 3.37. The Bertz CT molecular complexity index is 333. The smallest absolute Gasteiger partial charge is 0.127 e. The maximum Gasteiger partial charge on any atom is 0.127 e. The molecule has 0 bridgehead atoms. The molecule has 1 aromatic carbocycles. The lowest BCUT2D eigenvalue weighted by Gasteiger charge is -2.06. The van der Waals surface area contributed by atoms with Crippen LogP contribution in [0.25, 0.3) is 5.70 Å². The van der Waals surface area contributed by atoms with Crippen LogP contribution in [0.5, 0.6) is 0 Å². The first-order valence-electron chi connectivity index (χ1n) is 4.25. The lowest BCUT2D eigenvalue weighted by atomic mass is 10.0. The van der Waals surface area contributed by atoms with E-state index in [1.807, 2.05) is 19.9 Å². The second-order valence-electron chi connectivity index (χ2n) is 3.14. The third-order valence-electron chi connectivity index (χ3n) is 2.25. The molecule has 2 nitrogen and oxygen atoms in total. The van der Waals surface area contributed by atoms with Gasteiger partial charge in [0.15, 0.2) is 0 Å². The van der Waals surface area contributed by atoms with Crippen LogP contribution in [0.15, 0.2) is 18.2 Å². The van der Waals surface area contributed by atoms with Crippen LogP contribution in [0.4, 0.5) is 4.39 Å². The van der Waals surface area contributed by atoms with Crippen molar-refractivity contribution in [2.75, 3.05) is 0 Å². The van der Waals surface area contributed by atoms with Gasteiger partial charge in [0.05, 0.1) is 0 Å². The van der Waals surface area contributed by atoms with Gasteiger partial charge in [-0.3, -0.25) is 0 Å². The second kappa shape index (κ2) is 4.77. The van der Waals surface area contributed by atoms with Crippen LogP contribution in [-0.2, 0) is 0 Å². The van der Waals surface area contributed by atoms with E-state index in [9.17, 15) is 4.39 Å². The van der Waals surface area contributed by atoms with Gasteiger partial charge in [-0.25, -0.2) is 4.39 Å². The summed E-state index contributed by atoms with van der Waals surface area (Å²) in [6.07, 6.45) is 1.77. The predicted molar refractivity (Wildman–Crippen MR) is 58.7 cm³/mol. The number of nitrogens with two attached hydrogens (primary N) is 1. The Morgan fingerprint density at radius 1 is 1.36 bits per heavy atom. The highest BCUT2D eigenvalue weighted by molar-refractivity contribution is 5.63. The third kappa shape index (κ3) is 2.33. The molecule has 0 fully saturated rings. The summed E-state index contributed by atoms with van der Waals surface area (Å²) in [5.41, 5.74) is 8.66. The molecular formula is C11H17FN2. The van der Waals surface area contributed by atoms with Gasteiger partial charge in [0.1, 0.15) is 5.82 Å². The zero-order chi connectivity index (χ0) is 10.0. The summed E-state index contributed by atoms with van der Waals surface area (Å²) in [7, 11) is 0. The molecule has 0 heterocycles. The van der Waals surface area contributed by atoms with Gasteiger partial charge in [-0.1, -0.05) is 6.08 Å². The highest BCUT2D eigenvalue weighted by Gasteiger charge is 2.04. The van der Waals surface area contributed by atoms with Crippen molar-refractivity contribution in [1.82, 2.24) is 6.15 Å². The summed E-state index contributed by atoms with van der Waals surface area (Å²) in [5.74, 6) is -0.195. The molecule has 0 unspecified atom stereocenters. The quantitative estimate of drug-likeness (QED) is 0.725. The van der Waals surface area contributed by atoms with Crippen LogP contribution >= 0.6 is 0 Å². The van der Waals surface area contributed by atoms with Crippen molar-refractivity contribution in [2.45, 2.75) is 20.8 Å². The minimum Gasteiger partial charge on any atom is -0.399 e. The van der Waals surface area contributed by atoms with Gasteiger partial charge in [0, 0.05) is 11.3 Å². The fourth-order valence-electron chi connectivity index (χ4n) is 1.15. The van der Waals surface area contributed by atoms with E-state index in [4.69, 9.17) is 5.73 Å². The Morgan fingerprint density at radius 3 is 2.36 bits per heavy atom. The Kier molecular flexibility index (Phi) is 4.31. The molecule has 0 aliphatic heterocycles. The van der Waals surface area contributed by atoms with Gasteiger partial charge in [-0.2, -0.15) is 0 Å². The first-order valence-corrected chi connectivity index (χ1v) is 4.25. The van der Waals surface area contributed by atoms with Crippen molar-refractivity contribution in [3.05, 3.63) is 40.7 Å². The zero-order valence-electron chi connectivity index (χ0n) is 8.89. The van der Waals surface area contributed by atoms with Gasteiger partial charge in [-0.15, -0.1) is 0 Å². The molecule has 0 aliphatic carbocycles. The summed E-state index contributed by atoms with van der Waals surface area (Å²) in [4.78, 5) is 0. The molecule has 0 radical (unpaired) electrons. The van der Waals surface area contributed by atoms with Gasteiger partial charge in [-0.05, 0) is 44.0 Å². The number of allylic oxidation sites excluding steroid dienone is 1. The largest absolute Gasteiger partial charge is 0.399 e. The maximum absolute atomic E-state index is 13.3. The molecule has 1 aromatic rings. The summed E-state index contributed by atoms with van der Waals surface area (Å²) in [6.45, 7) is 5.48. The average Bonchev–Trinajstić information content (AvgIpc) is 2.12. The average molecular weight is 196 g/mol. The Labute approximate surface area is 84.2 Å². The molecule has 0 saturated carbocycles. The number of hydrogen-bond donors (Lipinski definition) is 2. The Morgan fingerprint density at radius 2 is 1.93 bits per heavy atom. The molecule has 14 heavy (non-hydrogen) atoms. The molecule has 5 N–H and O–H groups in total. The topological polar surface area (TPSA) is 61.0 Å².